The number of pyridine rings is 1. The molecule has 1 aromatic rings. The Morgan fingerprint density at radius 3 is 2.78 bits per heavy atom. The predicted octanol–water partition coefficient (Wildman–Crippen LogP) is 1.19. The predicted molar refractivity (Wildman–Crippen MR) is 73.9 cm³/mol. The third-order valence-electron chi connectivity index (χ3n) is 2.44. The molecule has 5 heteroatoms. The molecule has 0 aromatic carbocycles. The minimum atomic E-state index is -0.0808. The van der Waals surface area contributed by atoms with Crippen molar-refractivity contribution in [3.63, 3.8) is 0 Å². The average Bonchev–Trinajstić information content (AvgIpc) is 2.38. The molecule has 5 nitrogen and oxygen atoms in total. The van der Waals surface area contributed by atoms with Crippen LogP contribution in [0.3, 0.4) is 0 Å². The van der Waals surface area contributed by atoms with E-state index in [1.54, 1.807) is 26.4 Å². The fourth-order valence-corrected chi connectivity index (χ4v) is 1.48. The second kappa shape index (κ2) is 7.66. The van der Waals surface area contributed by atoms with Crippen LogP contribution in [0, 0.1) is 0 Å². The van der Waals surface area contributed by atoms with E-state index in [2.05, 4.69) is 22.5 Å². The van der Waals surface area contributed by atoms with Crippen LogP contribution >= 0.6 is 0 Å². The van der Waals surface area contributed by atoms with E-state index in [1.807, 2.05) is 6.07 Å². The van der Waals surface area contributed by atoms with Crippen LogP contribution in [0.2, 0.25) is 0 Å². The van der Waals surface area contributed by atoms with Crippen molar-refractivity contribution in [1.82, 2.24) is 15.2 Å². The van der Waals surface area contributed by atoms with Gasteiger partial charge in [-0.05, 0) is 25.1 Å². The Morgan fingerprint density at radius 1 is 1.33 bits per heavy atom. The summed E-state index contributed by atoms with van der Waals surface area (Å²) >= 11 is 0. The summed E-state index contributed by atoms with van der Waals surface area (Å²) in [5.74, 6) is -0.0808. The van der Waals surface area contributed by atoms with E-state index in [9.17, 15) is 4.79 Å². The number of rotatable bonds is 7. The number of carbonyl (C=O) groups is 1. The molecule has 0 unspecified atom stereocenters. The highest BCUT2D eigenvalue weighted by molar-refractivity contribution is 5.92. The van der Waals surface area contributed by atoms with Gasteiger partial charge in [0.25, 0.3) is 5.91 Å². The van der Waals surface area contributed by atoms with Gasteiger partial charge < -0.3 is 15.5 Å². The number of nitrogens with one attached hydrogen (secondary N) is 2. The third-order valence-corrected chi connectivity index (χ3v) is 2.44. The van der Waals surface area contributed by atoms with Crippen molar-refractivity contribution in [2.24, 2.45) is 0 Å². The monoisotopic (exact) mass is 250 g/mol. The van der Waals surface area contributed by atoms with Crippen LogP contribution in [-0.2, 0) is 0 Å². The van der Waals surface area contributed by atoms with Crippen LogP contribution in [0.25, 0.3) is 0 Å². The van der Waals surface area contributed by atoms with Gasteiger partial charge in [0.05, 0.1) is 0 Å². The van der Waals surface area contributed by atoms with Crippen molar-refractivity contribution in [3.05, 3.63) is 24.0 Å². The van der Waals surface area contributed by atoms with Gasteiger partial charge >= 0.3 is 0 Å². The fourth-order valence-electron chi connectivity index (χ4n) is 1.48. The van der Waals surface area contributed by atoms with Crippen LogP contribution in [-0.4, -0.2) is 49.5 Å². The minimum Gasteiger partial charge on any atom is -0.384 e. The molecule has 1 aromatic heterocycles. The molecule has 2 N–H and O–H groups in total. The van der Waals surface area contributed by atoms with Gasteiger partial charge in [0, 0.05) is 39.1 Å². The molecule has 0 aliphatic rings. The summed E-state index contributed by atoms with van der Waals surface area (Å²) in [7, 11) is 3.44. The molecular formula is C13H22N4O. The molecular weight excluding hydrogens is 228 g/mol. The Bertz CT molecular complexity index is 379. The zero-order valence-corrected chi connectivity index (χ0v) is 11.4. The smallest absolute Gasteiger partial charge is 0.272 e. The average molecular weight is 250 g/mol. The van der Waals surface area contributed by atoms with E-state index in [4.69, 9.17) is 0 Å². The summed E-state index contributed by atoms with van der Waals surface area (Å²) in [6.45, 7) is 4.91. The quantitative estimate of drug-likeness (QED) is 0.714. The summed E-state index contributed by atoms with van der Waals surface area (Å²) in [5, 5.41) is 6.57. The number of anilines is 1. The molecule has 0 fully saturated rings. The molecule has 0 saturated heterocycles. The van der Waals surface area contributed by atoms with Crippen LogP contribution in [0.5, 0.6) is 0 Å². The van der Waals surface area contributed by atoms with E-state index in [-0.39, 0.29) is 5.91 Å². The summed E-state index contributed by atoms with van der Waals surface area (Å²) in [6, 6.07) is 3.65. The van der Waals surface area contributed by atoms with E-state index >= 15 is 0 Å². The first-order chi connectivity index (χ1) is 8.65. The summed E-state index contributed by atoms with van der Waals surface area (Å²) in [5.41, 5.74) is 1.39. The van der Waals surface area contributed by atoms with E-state index < -0.39 is 0 Å². The molecule has 0 radical (unpaired) electrons. The van der Waals surface area contributed by atoms with Crippen LogP contribution in [0.1, 0.15) is 23.8 Å². The molecule has 0 aliphatic carbocycles. The zero-order chi connectivity index (χ0) is 13.4. The van der Waals surface area contributed by atoms with E-state index in [0.717, 1.165) is 31.7 Å². The van der Waals surface area contributed by atoms with E-state index in [0.29, 0.717) is 5.69 Å². The Morgan fingerprint density at radius 2 is 2.11 bits per heavy atom. The summed E-state index contributed by atoms with van der Waals surface area (Å²) in [6.07, 6.45) is 2.79. The number of carbonyl (C=O) groups excluding carboxylic acids is 1. The number of amides is 1. The Kier molecular flexibility index (Phi) is 6.14. The molecule has 1 heterocycles. The highest BCUT2D eigenvalue weighted by Gasteiger charge is 2.09. The zero-order valence-electron chi connectivity index (χ0n) is 11.4. The topological polar surface area (TPSA) is 57.3 Å². The van der Waals surface area contributed by atoms with Gasteiger partial charge in [0.2, 0.25) is 0 Å². The van der Waals surface area contributed by atoms with Crippen molar-refractivity contribution in [2.75, 3.05) is 39.0 Å². The Balaban J connectivity index is 2.47. The van der Waals surface area contributed by atoms with Gasteiger partial charge in [-0.25, -0.2) is 0 Å². The lowest BCUT2D eigenvalue weighted by molar-refractivity contribution is 0.0822. The fraction of sp³-hybridized carbons (Fsp3) is 0.538. The van der Waals surface area contributed by atoms with Gasteiger partial charge in [-0.3, -0.25) is 9.78 Å². The van der Waals surface area contributed by atoms with Crippen molar-refractivity contribution >= 4 is 11.6 Å². The lowest BCUT2D eigenvalue weighted by Crippen LogP contribution is -2.24. The number of nitrogens with zero attached hydrogens (tertiary/aromatic N) is 2. The maximum Gasteiger partial charge on any atom is 0.272 e. The molecule has 100 valence electrons. The first-order valence-electron chi connectivity index (χ1n) is 6.27. The van der Waals surface area contributed by atoms with Gasteiger partial charge in [-0.15, -0.1) is 0 Å². The first kappa shape index (κ1) is 14.4. The maximum absolute atomic E-state index is 11.7. The molecule has 0 atom stereocenters. The normalized spacial score (nSPS) is 10.2. The summed E-state index contributed by atoms with van der Waals surface area (Å²) in [4.78, 5) is 17.3. The minimum absolute atomic E-state index is 0.0808. The van der Waals surface area contributed by atoms with Gasteiger partial charge in [0.1, 0.15) is 5.69 Å². The van der Waals surface area contributed by atoms with Crippen LogP contribution in [0.15, 0.2) is 18.3 Å². The number of hydrogen-bond acceptors (Lipinski definition) is 4. The van der Waals surface area contributed by atoms with Crippen molar-refractivity contribution in [2.45, 2.75) is 13.3 Å². The van der Waals surface area contributed by atoms with Gasteiger partial charge in [0.15, 0.2) is 0 Å². The van der Waals surface area contributed by atoms with Crippen molar-refractivity contribution in [1.29, 1.82) is 0 Å². The molecule has 1 rings (SSSR count). The highest BCUT2D eigenvalue weighted by Crippen LogP contribution is 2.08. The SMILES string of the molecule is CCCNCCNc1ccnc(C(=O)N(C)C)c1. The Labute approximate surface area is 109 Å². The maximum atomic E-state index is 11.7. The largest absolute Gasteiger partial charge is 0.384 e. The number of hydrogen-bond donors (Lipinski definition) is 2. The lowest BCUT2D eigenvalue weighted by Gasteiger charge is -2.11. The van der Waals surface area contributed by atoms with Gasteiger partial charge in [-0.1, -0.05) is 6.92 Å². The standard InChI is InChI=1S/C13H22N4O/c1-4-6-14-8-9-15-11-5-7-16-12(10-11)13(18)17(2)3/h5,7,10,14H,4,6,8-9H2,1-3H3,(H,15,16). The molecule has 0 saturated carbocycles. The van der Waals surface area contributed by atoms with Gasteiger partial charge in [-0.2, -0.15) is 0 Å². The van der Waals surface area contributed by atoms with Crippen molar-refractivity contribution in [3.8, 4) is 0 Å². The number of aromatic nitrogens is 1. The van der Waals surface area contributed by atoms with Crippen molar-refractivity contribution < 1.29 is 4.79 Å². The molecule has 0 aliphatic heterocycles. The van der Waals surface area contributed by atoms with E-state index in [1.165, 1.54) is 4.90 Å². The van der Waals surface area contributed by atoms with Crippen LogP contribution < -0.4 is 10.6 Å². The summed E-state index contributed by atoms with van der Waals surface area (Å²) < 4.78 is 0. The molecule has 0 bridgehead atoms. The van der Waals surface area contributed by atoms with Crippen LogP contribution in [0.4, 0.5) is 5.69 Å². The molecule has 0 spiro atoms. The third kappa shape index (κ3) is 4.71. The Hall–Kier alpha value is -1.62. The lowest BCUT2D eigenvalue weighted by atomic mass is 10.3. The molecule has 1 amide bonds. The highest BCUT2D eigenvalue weighted by atomic mass is 16.2. The second-order valence-corrected chi connectivity index (χ2v) is 4.31. The molecule has 18 heavy (non-hydrogen) atoms. The second-order valence-electron chi connectivity index (χ2n) is 4.31. The first-order valence-corrected chi connectivity index (χ1v) is 6.27.